The summed E-state index contributed by atoms with van der Waals surface area (Å²) >= 11 is 5.81. The molecule has 0 radical (unpaired) electrons. The zero-order valence-corrected chi connectivity index (χ0v) is 9.59. The van der Waals surface area contributed by atoms with Crippen LogP contribution < -0.4 is 0 Å². The fourth-order valence-corrected chi connectivity index (χ4v) is 1.56. The number of pyridine rings is 1. The monoisotopic (exact) mass is 257 g/mol. The van der Waals surface area contributed by atoms with Gasteiger partial charge in [-0.1, -0.05) is 29.8 Å². The highest BCUT2D eigenvalue weighted by molar-refractivity contribution is 8.93. The van der Waals surface area contributed by atoms with Crippen LogP contribution >= 0.6 is 28.6 Å². The van der Waals surface area contributed by atoms with Crippen molar-refractivity contribution in [2.75, 3.05) is 0 Å². The molecule has 68 valence electrons. The second-order valence-corrected chi connectivity index (χ2v) is 3.17. The summed E-state index contributed by atoms with van der Waals surface area (Å²) in [5, 5.41) is 1.73. The van der Waals surface area contributed by atoms with Crippen molar-refractivity contribution in [3.63, 3.8) is 0 Å². The van der Waals surface area contributed by atoms with Crippen LogP contribution in [0.3, 0.4) is 0 Å². The van der Waals surface area contributed by atoms with Crippen LogP contribution in [0.2, 0.25) is 5.15 Å². The first-order chi connectivity index (χ1) is 5.77. The van der Waals surface area contributed by atoms with Gasteiger partial charge in [0.05, 0.1) is 5.52 Å². The van der Waals surface area contributed by atoms with Gasteiger partial charge in [-0.05, 0) is 24.6 Å². The van der Waals surface area contributed by atoms with Crippen molar-refractivity contribution in [2.24, 2.45) is 0 Å². The van der Waals surface area contributed by atoms with Crippen LogP contribution in [0.25, 0.3) is 10.9 Å². The lowest BCUT2D eigenvalue weighted by Gasteiger charge is -2.00. The Labute approximate surface area is 92.5 Å². The number of aromatic nitrogens is 1. The molecule has 0 unspecified atom stereocenters. The quantitative estimate of drug-likeness (QED) is 0.656. The Bertz CT molecular complexity index is 428. The molecule has 0 aliphatic carbocycles. The van der Waals surface area contributed by atoms with Gasteiger partial charge in [0, 0.05) is 5.39 Å². The van der Waals surface area contributed by atoms with E-state index in [-0.39, 0.29) is 17.0 Å². The molecule has 0 N–H and O–H groups in total. The van der Waals surface area contributed by atoms with Crippen LogP contribution in [0.15, 0.2) is 30.3 Å². The van der Waals surface area contributed by atoms with E-state index in [4.69, 9.17) is 11.6 Å². The lowest BCUT2D eigenvalue weighted by molar-refractivity contribution is 1.37. The van der Waals surface area contributed by atoms with Crippen molar-refractivity contribution in [3.8, 4) is 0 Å². The number of halogens is 2. The summed E-state index contributed by atoms with van der Waals surface area (Å²) in [7, 11) is 0. The minimum Gasteiger partial charge on any atom is -0.236 e. The number of nitrogens with zero attached hydrogens (tertiary/aromatic N) is 1. The van der Waals surface area contributed by atoms with Gasteiger partial charge in [-0.15, -0.1) is 17.0 Å². The van der Waals surface area contributed by atoms with Crippen LogP contribution in [-0.4, -0.2) is 4.98 Å². The standard InChI is InChI=1S/C10H8ClN.BrH/c1-7-6-10(11)12-9-5-3-2-4-8(7)9;/h2-6H,1H3;1H. The van der Waals surface area contributed by atoms with Gasteiger partial charge in [0.2, 0.25) is 0 Å². The molecular weight excluding hydrogens is 249 g/mol. The fourth-order valence-electron chi connectivity index (χ4n) is 1.31. The zero-order valence-electron chi connectivity index (χ0n) is 7.12. The summed E-state index contributed by atoms with van der Waals surface area (Å²) in [6.07, 6.45) is 0. The lowest BCUT2D eigenvalue weighted by atomic mass is 10.1. The highest BCUT2D eigenvalue weighted by atomic mass is 79.9. The summed E-state index contributed by atoms with van der Waals surface area (Å²) in [6, 6.07) is 9.86. The molecule has 2 rings (SSSR count). The van der Waals surface area contributed by atoms with Crippen LogP contribution in [0, 0.1) is 6.92 Å². The Morgan fingerprint density at radius 2 is 1.92 bits per heavy atom. The Balaban J connectivity index is 0.000000845. The predicted molar refractivity (Wildman–Crippen MR) is 61.8 cm³/mol. The number of hydrogen-bond acceptors (Lipinski definition) is 1. The molecule has 1 aromatic heterocycles. The topological polar surface area (TPSA) is 12.9 Å². The molecule has 1 nitrogen and oxygen atoms in total. The van der Waals surface area contributed by atoms with E-state index < -0.39 is 0 Å². The third kappa shape index (κ3) is 2.01. The summed E-state index contributed by atoms with van der Waals surface area (Å²) in [5.74, 6) is 0. The molecule has 1 aromatic carbocycles. The average molecular weight is 259 g/mol. The van der Waals surface area contributed by atoms with Gasteiger partial charge in [-0.3, -0.25) is 0 Å². The maximum Gasteiger partial charge on any atom is 0.130 e. The number of benzene rings is 1. The normalized spacial score (nSPS) is 9.69. The van der Waals surface area contributed by atoms with Crippen molar-refractivity contribution in [1.29, 1.82) is 0 Å². The van der Waals surface area contributed by atoms with Gasteiger partial charge in [-0.25, -0.2) is 4.98 Å². The first kappa shape index (κ1) is 10.5. The van der Waals surface area contributed by atoms with Gasteiger partial charge in [-0.2, -0.15) is 0 Å². The van der Waals surface area contributed by atoms with Crippen LogP contribution in [-0.2, 0) is 0 Å². The Hall–Kier alpha value is -0.600. The number of fused-ring (bicyclic) bond motifs is 1. The third-order valence-electron chi connectivity index (χ3n) is 1.89. The van der Waals surface area contributed by atoms with Crippen LogP contribution in [0.4, 0.5) is 0 Å². The second kappa shape index (κ2) is 4.07. The number of aryl methyl sites for hydroxylation is 1. The molecule has 13 heavy (non-hydrogen) atoms. The minimum atomic E-state index is 0. The molecule has 0 saturated carbocycles. The highest BCUT2D eigenvalue weighted by Gasteiger charge is 1.98. The minimum absolute atomic E-state index is 0. The van der Waals surface area contributed by atoms with Gasteiger partial charge in [0.1, 0.15) is 5.15 Å². The number of para-hydroxylation sites is 1. The third-order valence-corrected chi connectivity index (χ3v) is 2.09. The van der Waals surface area contributed by atoms with Crippen molar-refractivity contribution < 1.29 is 0 Å². The van der Waals surface area contributed by atoms with E-state index in [1.165, 1.54) is 10.9 Å². The van der Waals surface area contributed by atoms with Crippen molar-refractivity contribution in [2.45, 2.75) is 6.92 Å². The van der Waals surface area contributed by atoms with E-state index in [2.05, 4.69) is 4.98 Å². The first-order valence-electron chi connectivity index (χ1n) is 3.79. The van der Waals surface area contributed by atoms with E-state index in [1.54, 1.807) is 0 Å². The van der Waals surface area contributed by atoms with E-state index in [0.29, 0.717) is 5.15 Å². The van der Waals surface area contributed by atoms with E-state index in [1.807, 2.05) is 37.3 Å². The fraction of sp³-hybridized carbons (Fsp3) is 0.100. The van der Waals surface area contributed by atoms with Gasteiger partial charge in [0.15, 0.2) is 0 Å². The highest BCUT2D eigenvalue weighted by Crippen LogP contribution is 2.19. The summed E-state index contributed by atoms with van der Waals surface area (Å²) < 4.78 is 0. The molecule has 0 aliphatic heterocycles. The summed E-state index contributed by atoms with van der Waals surface area (Å²) in [6.45, 7) is 2.04. The van der Waals surface area contributed by atoms with Gasteiger partial charge >= 0.3 is 0 Å². The maximum atomic E-state index is 5.81. The lowest BCUT2D eigenvalue weighted by Crippen LogP contribution is -1.82. The summed E-state index contributed by atoms with van der Waals surface area (Å²) in [5.41, 5.74) is 2.13. The molecule has 0 aliphatic rings. The molecular formula is C10H9BrClN. The van der Waals surface area contributed by atoms with Crippen LogP contribution in [0.1, 0.15) is 5.56 Å². The molecule has 0 spiro atoms. The molecule has 0 fully saturated rings. The van der Waals surface area contributed by atoms with Crippen LogP contribution in [0.5, 0.6) is 0 Å². The van der Waals surface area contributed by atoms with Gasteiger partial charge < -0.3 is 0 Å². The Kier molecular flexibility index (Phi) is 3.28. The SMILES string of the molecule is Br.Cc1cc(Cl)nc2ccccc12. The number of hydrogen-bond donors (Lipinski definition) is 0. The Morgan fingerprint density at radius 1 is 1.23 bits per heavy atom. The molecule has 3 heteroatoms. The molecule has 0 bridgehead atoms. The molecule has 0 atom stereocenters. The Morgan fingerprint density at radius 3 is 2.69 bits per heavy atom. The van der Waals surface area contributed by atoms with Crippen molar-refractivity contribution in [1.82, 2.24) is 4.98 Å². The van der Waals surface area contributed by atoms with E-state index in [9.17, 15) is 0 Å². The molecule has 0 saturated heterocycles. The predicted octanol–water partition coefficient (Wildman–Crippen LogP) is 3.77. The smallest absolute Gasteiger partial charge is 0.130 e. The maximum absolute atomic E-state index is 5.81. The zero-order chi connectivity index (χ0) is 8.55. The first-order valence-corrected chi connectivity index (χ1v) is 4.17. The largest absolute Gasteiger partial charge is 0.236 e. The molecule has 1 heterocycles. The second-order valence-electron chi connectivity index (χ2n) is 2.78. The number of rotatable bonds is 0. The van der Waals surface area contributed by atoms with E-state index in [0.717, 1.165) is 5.52 Å². The van der Waals surface area contributed by atoms with Crippen molar-refractivity contribution in [3.05, 3.63) is 41.0 Å². The van der Waals surface area contributed by atoms with E-state index >= 15 is 0 Å². The van der Waals surface area contributed by atoms with Gasteiger partial charge in [0.25, 0.3) is 0 Å². The average Bonchev–Trinajstić information content (AvgIpc) is 2.04. The van der Waals surface area contributed by atoms with Crippen molar-refractivity contribution >= 4 is 39.5 Å². The summed E-state index contributed by atoms with van der Waals surface area (Å²) in [4.78, 5) is 4.20. The molecule has 0 amide bonds. The molecule has 2 aromatic rings.